The summed E-state index contributed by atoms with van der Waals surface area (Å²) in [6.45, 7) is 0. The van der Waals surface area contributed by atoms with Crippen molar-refractivity contribution in [2.24, 2.45) is 0 Å². The maximum atomic E-state index is 10.7. The number of carbonyl (C=O) groups is 1. The van der Waals surface area contributed by atoms with Gasteiger partial charge in [-0.15, -0.1) is 0 Å². The predicted octanol–water partition coefficient (Wildman–Crippen LogP) is 2.86. The Morgan fingerprint density at radius 2 is 1.61 bits per heavy atom. The summed E-state index contributed by atoms with van der Waals surface area (Å²) in [5, 5.41) is 18.7. The zero-order chi connectivity index (χ0) is 13.0. The molecule has 92 valence electrons. The van der Waals surface area contributed by atoms with Crippen molar-refractivity contribution in [3.05, 3.63) is 60.2 Å². The fourth-order valence-corrected chi connectivity index (χ4v) is 1.94. The van der Waals surface area contributed by atoms with Gasteiger partial charge >= 0.3 is 5.97 Å². The molecular formula is C15H14O3. The van der Waals surface area contributed by atoms with Gasteiger partial charge < -0.3 is 10.2 Å². The summed E-state index contributed by atoms with van der Waals surface area (Å²) in [6, 6.07) is 16.9. The quantitative estimate of drug-likeness (QED) is 0.866. The van der Waals surface area contributed by atoms with Gasteiger partial charge in [-0.25, -0.2) is 0 Å². The second kappa shape index (κ2) is 5.47. The van der Waals surface area contributed by atoms with Gasteiger partial charge in [-0.3, -0.25) is 4.79 Å². The van der Waals surface area contributed by atoms with Crippen LogP contribution < -0.4 is 0 Å². The summed E-state index contributed by atoms with van der Waals surface area (Å²) in [5.74, 6) is -1.01. The highest BCUT2D eigenvalue weighted by molar-refractivity contribution is 5.71. The first-order valence-corrected chi connectivity index (χ1v) is 5.72. The van der Waals surface area contributed by atoms with Crippen molar-refractivity contribution in [2.45, 2.75) is 12.5 Å². The third-order valence-electron chi connectivity index (χ3n) is 2.77. The number of rotatable bonds is 4. The van der Waals surface area contributed by atoms with Gasteiger partial charge in [0.2, 0.25) is 0 Å². The minimum absolute atomic E-state index is 0.288. The Hall–Kier alpha value is -2.13. The molecule has 0 unspecified atom stereocenters. The second-order valence-electron chi connectivity index (χ2n) is 4.07. The Morgan fingerprint density at radius 1 is 1.00 bits per heavy atom. The molecule has 2 aromatic carbocycles. The van der Waals surface area contributed by atoms with Gasteiger partial charge in [0.05, 0.1) is 12.5 Å². The van der Waals surface area contributed by atoms with Crippen LogP contribution in [0.3, 0.4) is 0 Å². The van der Waals surface area contributed by atoms with Crippen molar-refractivity contribution in [1.82, 2.24) is 0 Å². The zero-order valence-corrected chi connectivity index (χ0v) is 9.78. The third kappa shape index (κ3) is 2.76. The van der Waals surface area contributed by atoms with Crippen LogP contribution in [0.4, 0.5) is 0 Å². The lowest BCUT2D eigenvalue weighted by molar-refractivity contribution is -0.139. The van der Waals surface area contributed by atoms with Crippen molar-refractivity contribution in [3.63, 3.8) is 0 Å². The Bertz CT molecular complexity index is 534. The summed E-state index contributed by atoms with van der Waals surface area (Å²) < 4.78 is 0. The fraction of sp³-hybridized carbons (Fsp3) is 0.133. The van der Waals surface area contributed by atoms with Gasteiger partial charge in [-0.1, -0.05) is 54.6 Å². The fourth-order valence-electron chi connectivity index (χ4n) is 1.94. The van der Waals surface area contributed by atoms with E-state index in [4.69, 9.17) is 5.11 Å². The molecule has 0 fully saturated rings. The van der Waals surface area contributed by atoms with E-state index in [0.29, 0.717) is 5.56 Å². The van der Waals surface area contributed by atoms with Crippen LogP contribution in [0.2, 0.25) is 0 Å². The van der Waals surface area contributed by atoms with E-state index in [-0.39, 0.29) is 6.42 Å². The summed E-state index contributed by atoms with van der Waals surface area (Å²) >= 11 is 0. The van der Waals surface area contributed by atoms with Crippen molar-refractivity contribution in [2.75, 3.05) is 0 Å². The first-order chi connectivity index (χ1) is 8.68. The first kappa shape index (κ1) is 12.3. The molecule has 0 aliphatic rings. The molecule has 3 nitrogen and oxygen atoms in total. The summed E-state index contributed by atoms with van der Waals surface area (Å²) in [7, 11) is 0. The van der Waals surface area contributed by atoms with E-state index in [1.165, 1.54) is 0 Å². The van der Waals surface area contributed by atoms with E-state index in [2.05, 4.69) is 0 Å². The molecule has 2 N–H and O–H groups in total. The van der Waals surface area contributed by atoms with Crippen molar-refractivity contribution in [3.8, 4) is 11.1 Å². The number of aliphatic hydroxyl groups is 1. The largest absolute Gasteiger partial charge is 0.481 e. The van der Waals surface area contributed by atoms with Gasteiger partial charge in [-0.05, 0) is 16.7 Å². The molecule has 3 heteroatoms. The zero-order valence-electron chi connectivity index (χ0n) is 9.78. The molecule has 2 rings (SSSR count). The smallest absolute Gasteiger partial charge is 0.306 e. The molecule has 0 radical (unpaired) electrons. The normalized spacial score (nSPS) is 12.1. The lowest BCUT2D eigenvalue weighted by Crippen LogP contribution is -2.06. The van der Waals surface area contributed by atoms with Crippen LogP contribution in [0.5, 0.6) is 0 Å². The van der Waals surface area contributed by atoms with Crippen LogP contribution in [0, 0.1) is 0 Å². The monoisotopic (exact) mass is 242 g/mol. The van der Waals surface area contributed by atoms with E-state index >= 15 is 0 Å². The summed E-state index contributed by atoms with van der Waals surface area (Å²) in [6.07, 6.45) is -1.27. The number of hydrogen-bond donors (Lipinski definition) is 2. The number of carboxylic acids is 1. The third-order valence-corrected chi connectivity index (χ3v) is 2.77. The molecular weight excluding hydrogens is 228 g/mol. The number of aliphatic carboxylic acids is 1. The second-order valence-corrected chi connectivity index (χ2v) is 4.07. The van der Waals surface area contributed by atoms with E-state index in [9.17, 15) is 9.90 Å². The number of benzene rings is 2. The Kier molecular flexibility index (Phi) is 3.75. The van der Waals surface area contributed by atoms with Crippen LogP contribution in [0.1, 0.15) is 18.1 Å². The number of hydrogen-bond acceptors (Lipinski definition) is 2. The molecule has 0 amide bonds. The summed E-state index contributed by atoms with van der Waals surface area (Å²) in [5.41, 5.74) is 2.48. The first-order valence-electron chi connectivity index (χ1n) is 5.72. The van der Waals surface area contributed by atoms with Gasteiger partial charge in [0.1, 0.15) is 0 Å². The highest BCUT2D eigenvalue weighted by Crippen LogP contribution is 2.29. The molecule has 0 aromatic heterocycles. The molecule has 0 bridgehead atoms. The molecule has 0 saturated carbocycles. The van der Waals surface area contributed by atoms with Crippen molar-refractivity contribution < 1.29 is 15.0 Å². The lowest BCUT2D eigenvalue weighted by Gasteiger charge is -2.14. The molecule has 18 heavy (non-hydrogen) atoms. The van der Waals surface area contributed by atoms with Crippen LogP contribution in [0.25, 0.3) is 11.1 Å². The van der Waals surface area contributed by atoms with E-state index < -0.39 is 12.1 Å². The van der Waals surface area contributed by atoms with Crippen LogP contribution in [-0.4, -0.2) is 16.2 Å². The molecule has 0 heterocycles. The number of aliphatic hydroxyl groups excluding tert-OH is 1. The van der Waals surface area contributed by atoms with E-state index in [1.54, 1.807) is 12.1 Å². The summed E-state index contributed by atoms with van der Waals surface area (Å²) in [4.78, 5) is 10.7. The van der Waals surface area contributed by atoms with E-state index in [0.717, 1.165) is 11.1 Å². The van der Waals surface area contributed by atoms with Crippen LogP contribution >= 0.6 is 0 Å². The minimum atomic E-state index is -1.01. The lowest BCUT2D eigenvalue weighted by atomic mass is 9.95. The Morgan fingerprint density at radius 3 is 2.28 bits per heavy atom. The standard InChI is InChI=1S/C15H14O3/c16-14(10-15(17)18)13-9-5-4-8-12(13)11-6-2-1-3-7-11/h1-9,14,16H,10H2,(H,17,18)/t14-/m1/s1. The number of carboxylic acid groups (broad SMARTS) is 1. The molecule has 2 aromatic rings. The van der Waals surface area contributed by atoms with Crippen LogP contribution in [-0.2, 0) is 4.79 Å². The topological polar surface area (TPSA) is 57.5 Å². The molecule has 0 spiro atoms. The highest BCUT2D eigenvalue weighted by Gasteiger charge is 2.15. The maximum Gasteiger partial charge on any atom is 0.306 e. The van der Waals surface area contributed by atoms with Gasteiger partial charge in [0.15, 0.2) is 0 Å². The van der Waals surface area contributed by atoms with E-state index in [1.807, 2.05) is 42.5 Å². The maximum absolute atomic E-state index is 10.7. The van der Waals surface area contributed by atoms with Crippen molar-refractivity contribution >= 4 is 5.97 Å². The molecule has 1 atom stereocenters. The average molecular weight is 242 g/mol. The SMILES string of the molecule is O=C(O)C[C@@H](O)c1ccccc1-c1ccccc1. The molecule has 0 saturated heterocycles. The Balaban J connectivity index is 2.40. The highest BCUT2D eigenvalue weighted by atomic mass is 16.4. The van der Waals surface area contributed by atoms with Crippen LogP contribution in [0.15, 0.2) is 54.6 Å². The van der Waals surface area contributed by atoms with Gasteiger partial charge in [0, 0.05) is 0 Å². The van der Waals surface area contributed by atoms with Crippen molar-refractivity contribution in [1.29, 1.82) is 0 Å². The van der Waals surface area contributed by atoms with Gasteiger partial charge in [-0.2, -0.15) is 0 Å². The predicted molar refractivity (Wildman–Crippen MR) is 69.1 cm³/mol. The molecule has 0 aliphatic heterocycles. The average Bonchev–Trinajstić information content (AvgIpc) is 2.39. The Labute approximate surface area is 105 Å². The minimum Gasteiger partial charge on any atom is -0.481 e. The molecule has 0 aliphatic carbocycles. The van der Waals surface area contributed by atoms with Gasteiger partial charge in [0.25, 0.3) is 0 Å².